The average Bonchev–Trinajstić information content (AvgIpc) is 2.63. The molecule has 0 saturated carbocycles. The molecule has 0 aliphatic heterocycles. The molecule has 1 aromatic carbocycles. The number of halogens is 2. The van der Waals surface area contributed by atoms with E-state index in [0.29, 0.717) is 11.8 Å². The number of benzene rings is 1. The standard InChI is InChI=1S/C14H18ClFN2/c1-10(2)6-8-18-13-4-3-11(16)9-12(13)17-14(18)5-7-15/h3-4,9-10H,5-8H2,1-2H3. The van der Waals surface area contributed by atoms with Crippen molar-refractivity contribution in [2.45, 2.75) is 33.2 Å². The van der Waals surface area contributed by atoms with E-state index in [1.165, 1.54) is 12.1 Å². The lowest BCUT2D eigenvalue weighted by Crippen LogP contribution is -2.06. The first-order valence-electron chi connectivity index (χ1n) is 6.32. The van der Waals surface area contributed by atoms with Gasteiger partial charge in [0.1, 0.15) is 11.6 Å². The maximum Gasteiger partial charge on any atom is 0.125 e. The summed E-state index contributed by atoms with van der Waals surface area (Å²) in [5, 5.41) is 0. The second kappa shape index (κ2) is 5.70. The highest BCUT2D eigenvalue weighted by atomic mass is 35.5. The van der Waals surface area contributed by atoms with E-state index in [1.807, 2.05) is 0 Å². The van der Waals surface area contributed by atoms with Crippen LogP contribution in [0.3, 0.4) is 0 Å². The van der Waals surface area contributed by atoms with Crippen molar-refractivity contribution in [3.05, 3.63) is 29.8 Å². The van der Waals surface area contributed by atoms with Gasteiger partial charge in [0, 0.05) is 24.9 Å². The Labute approximate surface area is 112 Å². The van der Waals surface area contributed by atoms with Crippen molar-refractivity contribution in [1.29, 1.82) is 0 Å². The van der Waals surface area contributed by atoms with Crippen LogP contribution in [-0.4, -0.2) is 15.4 Å². The molecular formula is C14H18ClFN2. The number of imidazole rings is 1. The smallest absolute Gasteiger partial charge is 0.125 e. The summed E-state index contributed by atoms with van der Waals surface area (Å²) in [6, 6.07) is 4.77. The predicted molar refractivity (Wildman–Crippen MR) is 73.6 cm³/mol. The molecule has 0 radical (unpaired) electrons. The fraction of sp³-hybridized carbons (Fsp3) is 0.500. The first kappa shape index (κ1) is 13.3. The number of hydrogen-bond donors (Lipinski definition) is 0. The van der Waals surface area contributed by atoms with E-state index in [2.05, 4.69) is 23.4 Å². The summed E-state index contributed by atoms with van der Waals surface area (Å²) in [5.41, 5.74) is 1.72. The molecule has 98 valence electrons. The van der Waals surface area contributed by atoms with E-state index >= 15 is 0 Å². The van der Waals surface area contributed by atoms with Crippen LogP contribution in [0.2, 0.25) is 0 Å². The molecule has 0 N–H and O–H groups in total. The Morgan fingerprint density at radius 2 is 2.17 bits per heavy atom. The summed E-state index contributed by atoms with van der Waals surface area (Å²) in [5.74, 6) is 1.87. The summed E-state index contributed by atoms with van der Waals surface area (Å²) in [4.78, 5) is 4.48. The monoisotopic (exact) mass is 268 g/mol. The maximum atomic E-state index is 13.2. The number of aromatic nitrogens is 2. The van der Waals surface area contributed by atoms with Crippen LogP contribution in [-0.2, 0) is 13.0 Å². The maximum absolute atomic E-state index is 13.2. The third-order valence-corrected chi connectivity index (χ3v) is 3.23. The Kier molecular flexibility index (Phi) is 4.23. The molecule has 0 unspecified atom stereocenters. The molecule has 2 rings (SSSR count). The van der Waals surface area contributed by atoms with Gasteiger partial charge < -0.3 is 4.57 Å². The fourth-order valence-corrected chi connectivity index (χ4v) is 2.23. The Morgan fingerprint density at radius 3 is 2.83 bits per heavy atom. The van der Waals surface area contributed by atoms with Gasteiger partial charge in [-0.15, -0.1) is 11.6 Å². The molecule has 0 atom stereocenters. The molecule has 2 nitrogen and oxygen atoms in total. The van der Waals surface area contributed by atoms with Gasteiger partial charge in [-0.25, -0.2) is 9.37 Å². The Hall–Kier alpha value is -1.09. The quantitative estimate of drug-likeness (QED) is 0.750. The van der Waals surface area contributed by atoms with Crippen LogP contribution in [0.4, 0.5) is 4.39 Å². The molecule has 0 saturated heterocycles. The Morgan fingerprint density at radius 1 is 1.39 bits per heavy atom. The predicted octanol–water partition coefficient (Wildman–Crippen LogP) is 4.00. The second-order valence-electron chi connectivity index (χ2n) is 4.93. The molecule has 18 heavy (non-hydrogen) atoms. The van der Waals surface area contributed by atoms with Gasteiger partial charge in [-0.2, -0.15) is 0 Å². The van der Waals surface area contributed by atoms with Gasteiger partial charge in [-0.3, -0.25) is 0 Å². The highest BCUT2D eigenvalue weighted by Crippen LogP contribution is 2.19. The molecule has 2 aromatic rings. The van der Waals surface area contributed by atoms with Crippen LogP contribution in [0.15, 0.2) is 18.2 Å². The first-order valence-corrected chi connectivity index (χ1v) is 6.86. The van der Waals surface area contributed by atoms with Crippen LogP contribution < -0.4 is 0 Å². The van der Waals surface area contributed by atoms with Gasteiger partial charge >= 0.3 is 0 Å². The molecule has 0 aliphatic carbocycles. The van der Waals surface area contributed by atoms with E-state index in [1.54, 1.807) is 6.07 Å². The summed E-state index contributed by atoms with van der Waals surface area (Å²) >= 11 is 5.80. The molecule has 0 fully saturated rings. The van der Waals surface area contributed by atoms with Crippen LogP contribution in [0.25, 0.3) is 11.0 Å². The van der Waals surface area contributed by atoms with Crippen LogP contribution in [0.5, 0.6) is 0 Å². The van der Waals surface area contributed by atoms with Crippen LogP contribution in [0, 0.1) is 11.7 Å². The van der Waals surface area contributed by atoms with Gasteiger partial charge in [0.15, 0.2) is 0 Å². The van der Waals surface area contributed by atoms with E-state index in [-0.39, 0.29) is 5.82 Å². The third-order valence-electron chi connectivity index (χ3n) is 3.04. The van der Waals surface area contributed by atoms with Crippen molar-refractivity contribution in [3.63, 3.8) is 0 Å². The molecule has 1 heterocycles. The van der Waals surface area contributed by atoms with Gasteiger partial charge in [-0.1, -0.05) is 13.8 Å². The summed E-state index contributed by atoms with van der Waals surface area (Å²) in [6.45, 7) is 5.30. The van der Waals surface area contributed by atoms with Gasteiger partial charge in [0.05, 0.1) is 11.0 Å². The van der Waals surface area contributed by atoms with E-state index in [0.717, 1.165) is 36.2 Å². The Balaban J connectivity index is 2.41. The topological polar surface area (TPSA) is 17.8 Å². The molecule has 0 bridgehead atoms. The van der Waals surface area contributed by atoms with Gasteiger partial charge in [0.2, 0.25) is 0 Å². The lowest BCUT2D eigenvalue weighted by atomic mass is 10.1. The zero-order chi connectivity index (χ0) is 13.1. The summed E-state index contributed by atoms with van der Waals surface area (Å²) < 4.78 is 15.4. The zero-order valence-electron chi connectivity index (χ0n) is 10.8. The minimum Gasteiger partial charge on any atom is -0.328 e. The minimum atomic E-state index is -0.242. The Bertz CT molecular complexity index is 534. The minimum absolute atomic E-state index is 0.242. The second-order valence-corrected chi connectivity index (χ2v) is 5.31. The molecule has 0 aliphatic rings. The highest BCUT2D eigenvalue weighted by Gasteiger charge is 2.11. The average molecular weight is 269 g/mol. The largest absolute Gasteiger partial charge is 0.328 e. The highest BCUT2D eigenvalue weighted by molar-refractivity contribution is 6.17. The van der Waals surface area contributed by atoms with Gasteiger partial charge in [-0.05, 0) is 24.5 Å². The summed E-state index contributed by atoms with van der Waals surface area (Å²) in [6.07, 6.45) is 1.80. The van der Waals surface area contributed by atoms with Crippen molar-refractivity contribution in [2.24, 2.45) is 5.92 Å². The zero-order valence-corrected chi connectivity index (χ0v) is 11.5. The van der Waals surface area contributed by atoms with E-state index in [9.17, 15) is 4.39 Å². The number of alkyl halides is 1. The normalized spacial score (nSPS) is 11.6. The molecule has 0 spiro atoms. The number of fused-ring (bicyclic) bond motifs is 1. The van der Waals surface area contributed by atoms with Crippen molar-refractivity contribution >= 4 is 22.6 Å². The lowest BCUT2D eigenvalue weighted by Gasteiger charge is -2.10. The van der Waals surface area contributed by atoms with Crippen LogP contribution in [0.1, 0.15) is 26.1 Å². The van der Waals surface area contributed by atoms with E-state index < -0.39 is 0 Å². The fourth-order valence-electron chi connectivity index (χ4n) is 2.07. The number of nitrogens with zero attached hydrogens (tertiary/aromatic N) is 2. The van der Waals surface area contributed by atoms with Gasteiger partial charge in [0.25, 0.3) is 0 Å². The molecule has 0 amide bonds. The molecular weight excluding hydrogens is 251 g/mol. The molecule has 1 aromatic heterocycles. The SMILES string of the molecule is CC(C)CCn1c(CCCl)nc2cc(F)ccc21. The van der Waals surface area contributed by atoms with Crippen molar-refractivity contribution in [2.75, 3.05) is 5.88 Å². The third kappa shape index (κ3) is 2.83. The van der Waals surface area contributed by atoms with Crippen molar-refractivity contribution in [1.82, 2.24) is 9.55 Å². The van der Waals surface area contributed by atoms with E-state index in [4.69, 9.17) is 11.6 Å². The van der Waals surface area contributed by atoms with Crippen molar-refractivity contribution in [3.8, 4) is 0 Å². The van der Waals surface area contributed by atoms with Crippen molar-refractivity contribution < 1.29 is 4.39 Å². The number of hydrogen-bond acceptors (Lipinski definition) is 1. The number of aryl methyl sites for hydroxylation is 2. The number of rotatable bonds is 5. The van der Waals surface area contributed by atoms with Crippen LogP contribution >= 0.6 is 11.6 Å². The molecule has 4 heteroatoms. The lowest BCUT2D eigenvalue weighted by molar-refractivity contribution is 0.513. The summed E-state index contributed by atoms with van der Waals surface area (Å²) in [7, 11) is 0. The first-order chi connectivity index (χ1) is 8.61.